The second-order valence-electron chi connectivity index (χ2n) is 6.89. The average molecular weight is 439 g/mol. The zero-order chi connectivity index (χ0) is 20.1. The summed E-state index contributed by atoms with van der Waals surface area (Å²) in [5.74, 6) is 3.59. The molecular weight excluding hydrogens is 416 g/mol. The van der Waals surface area contributed by atoms with Gasteiger partial charge in [-0.05, 0) is 36.1 Å². The Hall–Kier alpha value is -2.58. The second kappa shape index (κ2) is 9.07. The zero-order valence-corrected chi connectivity index (χ0v) is 17.7. The molecule has 0 saturated heterocycles. The average Bonchev–Trinajstić information content (AvgIpc) is 2.71. The van der Waals surface area contributed by atoms with E-state index in [1.165, 1.54) is 5.56 Å². The molecule has 0 aliphatic rings. The SMILES string of the molecule is C#CCOc1ccc2c(c1)c(-c1ccc(C(C)C)cc1)nc(=O)n2CCCBr. The van der Waals surface area contributed by atoms with E-state index in [4.69, 9.17) is 11.2 Å². The van der Waals surface area contributed by atoms with Gasteiger partial charge >= 0.3 is 5.69 Å². The van der Waals surface area contributed by atoms with Crippen molar-refractivity contribution in [2.45, 2.75) is 32.7 Å². The molecule has 0 spiro atoms. The summed E-state index contributed by atoms with van der Waals surface area (Å²) < 4.78 is 7.31. The van der Waals surface area contributed by atoms with Crippen molar-refractivity contribution < 1.29 is 4.74 Å². The highest BCUT2D eigenvalue weighted by Crippen LogP contribution is 2.30. The van der Waals surface area contributed by atoms with Crippen molar-refractivity contribution >= 4 is 26.8 Å². The van der Waals surface area contributed by atoms with Crippen molar-refractivity contribution in [3.63, 3.8) is 0 Å². The Morgan fingerprint density at radius 1 is 1.21 bits per heavy atom. The lowest BCUT2D eigenvalue weighted by Gasteiger charge is -2.14. The number of benzene rings is 2. The lowest BCUT2D eigenvalue weighted by Crippen LogP contribution is -2.24. The van der Waals surface area contributed by atoms with Gasteiger partial charge in [0.2, 0.25) is 0 Å². The zero-order valence-electron chi connectivity index (χ0n) is 16.1. The molecule has 3 rings (SSSR count). The standard InChI is InChI=1S/C23H23BrN2O2/c1-4-14-28-19-10-11-21-20(15-19)22(25-23(27)26(21)13-5-12-24)18-8-6-17(7-9-18)16(2)3/h1,6-11,15-16H,5,12-14H2,2-3H3. The first-order valence-electron chi connectivity index (χ1n) is 9.32. The van der Waals surface area contributed by atoms with E-state index in [1.807, 2.05) is 30.3 Å². The van der Waals surface area contributed by atoms with Crippen LogP contribution in [0.15, 0.2) is 47.3 Å². The Bertz CT molecular complexity index is 1060. The minimum atomic E-state index is -0.242. The third kappa shape index (κ3) is 4.28. The van der Waals surface area contributed by atoms with E-state index in [1.54, 1.807) is 4.57 Å². The number of ether oxygens (including phenoxy) is 1. The molecule has 4 nitrogen and oxygen atoms in total. The molecule has 28 heavy (non-hydrogen) atoms. The summed E-state index contributed by atoms with van der Waals surface area (Å²) in [5, 5.41) is 1.70. The van der Waals surface area contributed by atoms with Crippen LogP contribution in [0, 0.1) is 12.3 Å². The summed E-state index contributed by atoms with van der Waals surface area (Å²) in [6, 6.07) is 13.9. The number of aromatic nitrogens is 2. The van der Waals surface area contributed by atoms with Gasteiger partial charge in [-0.3, -0.25) is 4.57 Å². The highest BCUT2D eigenvalue weighted by atomic mass is 79.9. The molecule has 2 aromatic carbocycles. The third-order valence-corrected chi connectivity index (χ3v) is 5.20. The number of nitrogens with zero attached hydrogens (tertiary/aromatic N) is 2. The Labute approximate surface area is 173 Å². The lowest BCUT2D eigenvalue weighted by molar-refractivity contribution is 0.371. The fraction of sp³-hybridized carbons (Fsp3) is 0.304. The minimum absolute atomic E-state index is 0.195. The minimum Gasteiger partial charge on any atom is -0.481 e. The van der Waals surface area contributed by atoms with Crippen LogP contribution in [0.5, 0.6) is 5.75 Å². The highest BCUT2D eigenvalue weighted by molar-refractivity contribution is 9.09. The Balaban J connectivity index is 2.19. The smallest absolute Gasteiger partial charge is 0.348 e. The molecule has 0 N–H and O–H groups in total. The molecule has 0 atom stereocenters. The molecule has 5 heteroatoms. The number of aryl methyl sites for hydroxylation is 1. The molecule has 0 aliphatic heterocycles. The van der Waals surface area contributed by atoms with Gasteiger partial charge in [-0.1, -0.05) is 60.0 Å². The number of hydrogen-bond donors (Lipinski definition) is 0. The van der Waals surface area contributed by atoms with Crippen molar-refractivity contribution in [1.82, 2.24) is 9.55 Å². The maximum atomic E-state index is 12.7. The van der Waals surface area contributed by atoms with Crippen LogP contribution in [0.25, 0.3) is 22.2 Å². The fourth-order valence-corrected chi connectivity index (χ4v) is 3.40. The largest absolute Gasteiger partial charge is 0.481 e. The Kier molecular flexibility index (Phi) is 6.53. The normalized spacial score (nSPS) is 11.0. The van der Waals surface area contributed by atoms with Crippen LogP contribution in [-0.4, -0.2) is 21.5 Å². The summed E-state index contributed by atoms with van der Waals surface area (Å²) in [7, 11) is 0. The molecule has 0 fully saturated rings. The second-order valence-corrected chi connectivity index (χ2v) is 7.68. The van der Waals surface area contributed by atoms with Crippen molar-refractivity contribution in [2.75, 3.05) is 11.9 Å². The molecule has 1 heterocycles. The van der Waals surface area contributed by atoms with Crippen LogP contribution in [-0.2, 0) is 6.54 Å². The van der Waals surface area contributed by atoms with Crippen LogP contribution in [0.4, 0.5) is 0 Å². The molecule has 0 bridgehead atoms. The van der Waals surface area contributed by atoms with Gasteiger partial charge < -0.3 is 4.74 Å². The van der Waals surface area contributed by atoms with Gasteiger partial charge in [-0.15, -0.1) is 6.42 Å². The van der Waals surface area contributed by atoms with E-state index in [2.05, 4.69) is 52.8 Å². The van der Waals surface area contributed by atoms with Crippen molar-refractivity contribution in [2.24, 2.45) is 0 Å². The maximum absolute atomic E-state index is 12.7. The van der Waals surface area contributed by atoms with Gasteiger partial charge in [0.25, 0.3) is 0 Å². The van der Waals surface area contributed by atoms with Crippen molar-refractivity contribution in [3.8, 4) is 29.4 Å². The molecule has 0 radical (unpaired) electrons. The summed E-state index contributed by atoms with van der Waals surface area (Å²) in [4.78, 5) is 17.2. The number of rotatable bonds is 7. The fourth-order valence-electron chi connectivity index (χ4n) is 3.15. The monoisotopic (exact) mass is 438 g/mol. The van der Waals surface area contributed by atoms with Crippen LogP contribution in [0.3, 0.4) is 0 Å². The predicted molar refractivity (Wildman–Crippen MR) is 118 cm³/mol. The molecular formula is C23H23BrN2O2. The molecule has 0 saturated carbocycles. The number of terminal acetylenes is 1. The van der Waals surface area contributed by atoms with E-state index in [0.29, 0.717) is 23.9 Å². The van der Waals surface area contributed by atoms with Crippen LogP contribution in [0.1, 0.15) is 31.7 Å². The lowest BCUT2D eigenvalue weighted by atomic mass is 9.99. The van der Waals surface area contributed by atoms with Gasteiger partial charge in [0.05, 0.1) is 11.2 Å². The molecule has 0 amide bonds. The van der Waals surface area contributed by atoms with Gasteiger partial charge in [-0.25, -0.2) is 4.79 Å². The van der Waals surface area contributed by atoms with Crippen molar-refractivity contribution in [3.05, 3.63) is 58.5 Å². The van der Waals surface area contributed by atoms with Crippen molar-refractivity contribution in [1.29, 1.82) is 0 Å². The van der Waals surface area contributed by atoms with E-state index >= 15 is 0 Å². The molecule has 0 aliphatic carbocycles. The van der Waals surface area contributed by atoms with Gasteiger partial charge in [0.15, 0.2) is 0 Å². The van der Waals surface area contributed by atoms with Crippen LogP contribution < -0.4 is 10.4 Å². The summed E-state index contributed by atoms with van der Waals surface area (Å²) >= 11 is 3.43. The first kappa shape index (κ1) is 20.2. The maximum Gasteiger partial charge on any atom is 0.348 e. The third-order valence-electron chi connectivity index (χ3n) is 4.64. The molecule has 3 aromatic rings. The summed E-state index contributed by atoms with van der Waals surface area (Å²) in [6.45, 7) is 5.11. The quantitative estimate of drug-likeness (QED) is 0.385. The molecule has 0 unspecified atom stereocenters. The Morgan fingerprint density at radius 2 is 1.96 bits per heavy atom. The number of hydrogen-bond acceptors (Lipinski definition) is 3. The van der Waals surface area contributed by atoms with Gasteiger partial charge in [0, 0.05) is 22.8 Å². The van der Waals surface area contributed by atoms with E-state index in [-0.39, 0.29) is 12.3 Å². The Morgan fingerprint density at radius 3 is 2.61 bits per heavy atom. The van der Waals surface area contributed by atoms with Crippen LogP contribution in [0.2, 0.25) is 0 Å². The molecule has 144 valence electrons. The topological polar surface area (TPSA) is 44.1 Å². The summed E-state index contributed by atoms with van der Waals surface area (Å²) in [5.41, 5.74) is 3.42. The van der Waals surface area contributed by atoms with E-state index < -0.39 is 0 Å². The number of halogens is 1. The first-order chi connectivity index (χ1) is 13.5. The summed E-state index contributed by atoms with van der Waals surface area (Å²) in [6.07, 6.45) is 6.15. The van der Waals surface area contributed by atoms with Gasteiger partial charge in [-0.2, -0.15) is 4.98 Å². The number of alkyl halides is 1. The first-order valence-corrected chi connectivity index (χ1v) is 10.4. The van der Waals surface area contributed by atoms with E-state index in [0.717, 1.165) is 28.2 Å². The van der Waals surface area contributed by atoms with E-state index in [9.17, 15) is 4.79 Å². The highest BCUT2D eigenvalue weighted by Gasteiger charge is 2.14. The van der Waals surface area contributed by atoms with Gasteiger partial charge in [0.1, 0.15) is 12.4 Å². The number of fused-ring (bicyclic) bond motifs is 1. The molecule has 1 aromatic heterocycles. The van der Waals surface area contributed by atoms with Crippen LogP contribution >= 0.6 is 15.9 Å². The predicted octanol–water partition coefficient (Wildman–Crippen LogP) is 4.98.